The summed E-state index contributed by atoms with van der Waals surface area (Å²) in [7, 11) is -1.13. The lowest BCUT2D eigenvalue weighted by molar-refractivity contribution is 0.0357. The van der Waals surface area contributed by atoms with Crippen LogP contribution >= 0.6 is 0 Å². The van der Waals surface area contributed by atoms with Gasteiger partial charge in [0.05, 0.1) is 0 Å². The van der Waals surface area contributed by atoms with Crippen LogP contribution in [0, 0.1) is 23.2 Å². The van der Waals surface area contributed by atoms with Crippen LogP contribution in [-0.2, 0) is 0 Å². The molecule has 0 unspecified atom stereocenters. The molecule has 2 nitrogen and oxygen atoms in total. The fourth-order valence-electron chi connectivity index (χ4n) is 3.80. The number of rotatable bonds is 9. The quantitative estimate of drug-likeness (QED) is 0.484. The van der Waals surface area contributed by atoms with Gasteiger partial charge in [0.25, 0.3) is 0 Å². The van der Waals surface area contributed by atoms with E-state index in [1.165, 1.54) is 12.8 Å². The van der Waals surface area contributed by atoms with E-state index in [1.54, 1.807) is 0 Å². The molecule has 0 aromatic carbocycles. The highest BCUT2D eigenvalue weighted by Gasteiger charge is 2.39. The van der Waals surface area contributed by atoms with Crippen molar-refractivity contribution in [2.45, 2.75) is 73.5 Å². The average molecular weight is 256 g/mol. The van der Waals surface area contributed by atoms with Crippen LogP contribution in [0.3, 0.4) is 0 Å². The van der Waals surface area contributed by atoms with Crippen LogP contribution in [0.5, 0.6) is 0 Å². The van der Waals surface area contributed by atoms with Crippen LogP contribution in [0.25, 0.3) is 0 Å². The highest BCUT2D eigenvalue weighted by molar-refractivity contribution is 6.40. The van der Waals surface area contributed by atoms with E-state index in [0.29, 0.717) is 29.5 Å². The second-order valence-electron chi connectivity index (χ2n) is 6.66. The monoisotopic (exact) mass is 256 g/mol. The Bertz CT molecular complexity index is 191. The maximum absolute atomic E-state index is 8.83. The van der Waals surface area contributed by atoms with Gasteiger partial charge in [0.1, 0.15) is 0 Å². The van der Waals surface area contributed by atoms with Gasteiger partial charge in [-0.2, -0.15) is 0 Å². The minimum atomic E-state index is -1.13. The Morgan fingerprint density at radius 1 is 0.778 bits per heavy atom. The van der Waals surface area contributed by atoms with Crippen molar-refractivity contribution in [1.29, 1.82) is 0 Å². The Morgan fingerprint density at radius 2 is 1.22 bits per heavy atom. The van der Waals surface area contributed by atoms with Crippen LogP contribution in [0.2, 0.25) is 6.32 Å². The first-order chi connectivity index (χ1) is 8.25. The molecule has 0 aromatic rings. The van der Waals surface area contributed by atoms with E-state index >= 15 is 0 Å². The molecule has 2 N–H and O–H groups in total. The molecule has 18 heavy (non-hydrogen) atoms. The third kappa shape index (κ3) is 4.93. The van der Waals surface area contributed by atoms with Crippen molar-refractivity contribution in [3.05, 3.63) is 0 Å². The summed E-state index contributed by atoms with van der Waals surface area (Å²) in [6.45, 7) is 14.1. The van der Waals surface area contributed by atoms with Crippen LogP contribution in [0.1, 0.15) is 67.2 Å². The van der Waals surface area contributed by atoms with Gasteiger partial charge in [0.15, 0.2) is 0 Å². The van der Waals surface area contributed by atoms with Gasteiger partial charge in [-0.25, -0.2) is 0 Å². The molecular formula is C15H33BO2. The first kappa shape index (κ1) is 18.0. The Labute approximate surface area is 114 Å². The molecule has 0 fully saturated rings. The number of unbranched alkanes of at least 4 members (excludes halogenated alkanes) is 2. The first-order valence-corrected chi connectivity index (χ1v) is 7.61. The van der Waals surface area contributed by atoms with Crippen molar-refractivity contribution >= 4 is 7.12 Å². The maximum Gasteiger partial charge on any atom is 0.451 e. The fourth-order valence-corrected chi connectivity index (χ4v) is 3.80. The number of hydrogen-bond acceptors (Lipinski definition) is 2. The normalized spacial score (nSPS) is 12.8. The first-order valence-electron chi connectivity index (χ1n) is 7.61. The van der Waals surface area contributed by atoms with Crippen molar-refractivity contribution < 1.29 is 10.0 Å². The Hall–Kier alpha value is -0.0151. The van der Waals surface area contributed by atoms with Gasteiger partial charge in [0.2, 0.25) is 0 Å². The van der Waals surface area contributed by atoms with Crippen molar-refractivity contribution in [2.24, 2.45) is 23.2 Å². The van der Waals surface area contributed by atoms with Crippen LogP contribution in [0.15, 0.2) is 0 Å². The Morgan fingerprint density at radius 3 is 1.56 bits per heavy atom. The summed E-state index contributed by atoms with van der Waals surface area (Å²) in [6.07, 6.45) is 4.98. The van der Waals surface area contributed by atoms with Crippen molar-refractivity contribution in [1.82, 2.24) is 0 Å². The summed E-state index contributed by atoms with van der Waals surface area (Å²) < 4.78 is 0. The predicted octanol–water partition coefficient (Wildman–Crippen LogP) is 3.97. The summed E-state index contributed by atoms with van der Waals surface area (Å²) in [6, 6.07) is 0. The predicted molar refractivity (Wildman–Crippen MR) is 80.4 cm³/mol. The van der Waals surface area contributed by atoms with Gasteiger partial charge in [-0.15, -0.1) is 0 Å². The molecule has 0 amide bonds. The maximum atomic E-state index is 8.83. The van der Waals surface area contributed by atoms with Gasteiger partial charge >= 0.3 is 7.12 Å². The fraction of sp³-hybridized carbons (Fsp3) is 1.00. The Balaban J connectivity index is 4.34. The molecule has 3 heteroatoms. The molecule has 0 aliphatic heterocycles. The third-order valence-electron chi connectivity index (χ3n) is 4.80. The van der Waals surface area contributed by atoms with E-state index in [4.69, 9.17) is 10.0 Å². The largest absolute Gasteiger partial charge is 0.451 e. The van der Waals surface area contributed by atoms with E-state index in [0.717, 1.165) is 12.8 Å². The van der Waals surface area contributed by atoms with E-state index in [-0.39, 0.29) is 0 Å². The molecule has 0 saturated heterocycles. The van der Waals surface area contributed by atoms with E-state index in [1.807, 2.05) is 0 Å². The average Bonchev–Trinajstić information content (AvgIpc) is 2.20. The smallest absolute Gasteiger partial charge is 0.427 e. The Kier molecular flexibility index (Phi) is 8.21. The standard InChI is InChI=1S/C15H33BO2/c1-12(2)15(13(3)4,14(5)6)10-8-7-9-11-16(17)18/h12-14,17-18H,7-11H2,1-6H3. The van der Waals surface area contributed by atoms with Gasteiger partial charge in [0, 0.05) is 0 Å². The zero-order chi connectivity index (χ0) is 14.3. The second kappa shape index (κ2) is 8.21. The third-order valence-corrected chi connectivity index (χ3v) is 4.80. The topological polar surface area (TPSA) is 40.5 Å². The van der Waals surface area contributed by atoms with Crippen LogP contribution in [0.4, 0.5) is 0 Å². The zero-order valence-corrected chi connectivity index (χ0v) is 13.2. The molecule has 0 aliphatic rings. The molecule has 108 valence electrons. The van der Waals surface area contributed by atoms with Gasteiger partial charge in [-0.05, 0) is 35.9 Å². The summed E-state index contributed by atoms with van der Waals surface area (Å²) in [5.41, 5.74) is 0.415. The molecule has 0 atom stereocenters. The lowest BCUT2D eigenvalue weighted by Gasteiger charge is -2.45. The molecule has 0 bridgehead atoms. The minimum absolute atomic E-state index is 0.415. The van der Waals surface area contributed by atoms with Gasteiger partial charge < -0.3 is 10.0 Å². The molecular weight excluding hydrogens is 223 g/mol. The SMILES string of the molecule is CC(C)C(CCCCCB(O)O)(C(C)C)C(C)C. The summed E-state index contributed by atoms with van der Waals surface area (Å²) >= 11 is 0. The molecule has 0 spiro atoms. The van der Waals surface area contributed by atoms with Crippen LogP contribution in [-0.4, -0.2) is 17.2 Å². The van der Waals surface area contributed by atoms with E-state index in [9.17, 15) is 0 Å². The summed E-state index contributed by atoms with van der Waals surface area (Å²) in [4.78, 5) is 0. The molecule has 0 rings (SSSR count). The lowest BCUT2D eigenvalue weighted by Crippen LogP contribution is -2.38. The molecule has 0 saturated carbocycles. The van der Waals surface area contributed by atoms with E-state index < -0.39 is 7.12 Å². The second-order valence-corrected chi connectivity index (χ2v) is 6.66. The highest BCUT2D eigenvalue weighted by Crippen LogP contribution is 2.47. The summed E-state index contributed by atoms with van der Waals surface area (Å²) in [5, 5.41) is 17.7. The number of hydrogen-bond donors (Lipinski definition) is 2. The van der Waals surface area contributed by atoms with Crippen molar-refractivity contribution in [3.63, 3.8) is 0 Å². The molecule has 0 radical (unpaired) electrons. The van der Waals surface area contributed by atoms with Gasteiger partial charge in [-0.3, -0.25) is 0 Å². The van der Waals surface area contributed by atoms with Crippen molar-refractivity contribution in [2.75, 3.05) is 0 Å². The van der Waals surface area contributed by atoms with Crippen LogP contribution < -0.4 is 0 Å². The molecule has 0 heterocycles. The highest BCUT2D eigenvalue weighted by atomic mass is 16.4. The zero-order valence-electron chi connectivity index (χ0n) is 13.2. The minimum Gasteiger partial charge on any atom is -0.427 e. The van der Waals surface area contributed by atoms with Gasteiger partial charge in [-0.1, -0.05) is 60.8 Å². The lowest BCUT2D eigenvalue weighted by atomic mass is 9.59. The molecule has 0 aromatic heterocycles. The molecule has 0 aliphatic carbocycles. The van der Waals surface area contributed by atoms with E-state index in [2.05, 4.69) is 41.5 Å². The summed E-state index contributed by atoms with van der Waals surface area (Å²) in [5.74, 6) is 2.09. The van der Waals surface area contributed by atoms with Crippen molar-refractivity contribution in [3.8, 4) is 0 Å².